The molecule has 2 aromatic carbocycles. The van der Waals surface area contributed by atoms with Crippen molar-refractivity contribution in [2.45, 2.75) is 6.92 Å². The third-order valence-electron chi connectivity index (χ3n) is 3.75. The Bertz CT molecular complexity index is 996. The van der Waals surface area contributed by atoms with Gasteiger partial charge in [0.15, 0.2) is 0 Å². The molecular formula is C19H14F2N2O3S. The van der Waals surface area contributed by atoms with Gasteiger partial charge >= 0.3 is 5.97 Å². The molecule has 1 N–H and O–H groups in total. The normalized spacial score (nSPS) is 10.5. The molecule has 138 valence electrons. The quantitative estimate of drug-likeness (QED) is 0.671. The van der Waals surface area contributed by atoms with Crippen LogP contribution >= 0.6 is 11.3 Å². The van der Waals surface area contributed by atoms with Crippen LogP contribution in [0.3, 0.4) is 0 Å². The van der Waals surface area contributed by atoms with Gasteiger partial charge in [0.2, 0.25) is 5.01 Å². The van der Waals surface area contributed by atoms with Crippen LogP contribution in [0.15, 0.2) is 42.5 Å². The minimum Gasteiger partial charge on any atom is -0.464 e. The SMILES string of the molecule is COC(=O)c1nc(C)c(-c2ccc(NC(=O)c3c(F)cccc3F)cc2)s1. The molecule has 0 spiro atoms. The zero-order valence-electron chi connectivity index (χ0n) is 14.4. The summed E-state index contributed by atoms with van der Waals surface area (Å²) < 4.78 is 32.0. The van der Waals surface area contributed by atoms with Crippen molar-refractivity contribution in [3.05, 3.63) is 70.4 Å². The second-order valence-corrected chi connectivity index (χ2v) is 6.55. The number of methoxy groups -OCH3 is 1. The van der Waals surface area contributed by atoms with Gasteiger partial charge < -0.3 is 10.1 Å². The van der Waals surface area contributed by atoms with Crippen LogP contribution < -0.4 is 5.32 Å². The zero-order chi connectivity index (χ0) is 19.6. The first-order valence-electron chi connectivity index (χ1n) is 7.82. The molecule has 0 aliphatic rings. The fourth-order valence-corrected chi connectivity index (χ4v) is 3.44. The lowest BCUT2D eigenvalue weighted by molar-refractivity contribution is 0.0600. The molecule has 3 rings (SSSR count). The first kappa shape index (κ1) is 18.7. The second kappa shape index (κ2) is 7.63. The molecule has 8 heteroatoms. The average molecular weight is 388 g/mol. The minimum atomic E-state index is -0.931. The Morgan fingerprint density at radius 1 is 1.07 bits per heavy atom. The van der Waals surface area contributed by atoms with E-state index in [4.69, 9.17) is 0 Å². The maximum atomic E-state index is 13.7. The molecule has 0 radical (unpaired) electrons. The number of carbonyl (C=O) groups excluding carboxylic acids is 2. The molecule has 27 heavy (non-hydrogen) atoms. The van der Waals surface area contributed by atoms with Crippen LogP contribution in [-0.2, 0) is 4.74 Å². The zero-order valence-corrected chi connectivity index (χ0v) is 15.2. The number of ether oxygens (including phenoxy) is 1. The van der Waals surface area contributed by atoms with Crippen LogP contribution in [0, 0.1) is 18.6 Å². The molecule has 0 aliphatic heterocycles. The van der Waals surface area contributed by atoms with Gasteiger partial charge in [-0.05, 0) is 36.8 Å². The Morgan fingerprint density at radius 3 is 2.30 bits per heavy atom. The predicted molar refractivity (Wildman–Crippen MR) is 97.9 cm³/mol. The summed E-state index contributed by atoms with van der Waals surface area (Å²) >= 11 is 1.19. The van der Waals surface area contributed by atoms with Crippen molar-refractivity contribution < 1.29 is 23.1 Å². The van der Waals surface area contributed by atoms with E-state index in [1.807, 2.05) is 0 Å². The van der Waals surface area contributed by atoms with E-state index in [9.17, 15) is 18.4 Å². The maximum Gasteiger partial charge on any atom is 0.367 e. The summed E-state index contributed by atoms with van der Waals surface area (Å²) in [4.78, 5) is 28.7. The lowest BCUT2D eigenvalue weighted by Gasteiger charge is -2.08. The molecule has 0 fully saturated rings. The summed E-state index contributed by atoms with van der Waals surface area (Å²) in [5.74, 6) is -3.25. The predicted octanol–water partition coefficient (Wildman–Crippen LogP) is 4.44. The number of carbonyl (C=O) groups is 2. The van der Waals surface area contributed by atoms with Gasteiger partial charge in [0, 0.05) is 5.69 Å². The fourth-order valence-electron chi connectivity index (χ4n) is 2.45. The molecule has 0 bridgehead atoms. The van der Waals surface area contributed by atoms with Gasteiger partial charge in [-0.15, -0.1) is 11.3 Å². The molecule has 1 aromatic heterocycles. The number of nitrogens with one attached hydrogen (secondary N) is 1. The topological polar surface area (TPSA) is 68.3 Å². The van der Waals surface area contributed by atoms with E-state index in [0.717, 1.165) is 22.6 Å². The van der Waals surface area contributed by atoms with E-state index in [0.29, 0.717) is 11.4 Å². The number of nitrogens with zero attached hydrogens (tertiary/aromatic N) is 1. The Morgan fingerprint density at radius 2 is 1.70 bits per heavy atom. The molecular weight excluding hydrogens is 374 g/mol. The smallest absolute Gasteiger partial charge is 0.367 e. The number of amides is 1. The maximum absolute atomic E-state index is 13.7. The minimum absolute atomic E-state index is 0.248. The highest BCUT2D eigenvalue weighted by Crippen LogP contribution is 2.31. The summed E-state index contributed by atoms with van der Waals surface area (Å²) in [5, 5.41) is 2.71. The second-order valence-electron chi connectivity index (χ2n) is 5.55. The highest BCUT2D eigenvalue weighted by atomic mass is 32.1. The number of esters is 1. The number of hydrogen-bond donors (Lipinski definition) is 1. The Hall–Kier alpha value is -3.13. The van der Waals surface area contributed by atoms with Crippen molar-refractivity contribution in [2.24, 2.45) is 0 Å². The number of rotatable bonds is 4. The van der Waals surface area contributed by atoms with Crippen LogP contribution in [-0.4, -0.2) is 24.0 Å². The molecule has 0 atom stereocenters. The average Bonchev–Trinajstić information content (AvgIpc) is 3.03. The van der Waals surface area contributed by atoms with Crippen molar-refractivity contribution in [3.8, 4) is 10.4 Å². The van der Waals surface area contributed by atoms with Gasteiger partial charge in [0.05, 0.1) is 17.7 Å². The molecule has 0 saturated carbocycles. The molecule has 0 aliphatic carbocycles. The van der Waals surface area contributed by atoms with E-state index in [2.05, 4.69) is 15.0 Å². The van der Waals surface area contributed by atoms with E-state index >= 15 is 0 Å². The van der Waals surface area contributed by atoms with E-state index in [1.54, 1.807) is 31.2 Å². The standard InChI is InChI=1S/C19H14F2N2O3S/c1-10-16(27-18(22-10)19(25)26-2)11-6-8-12(9-7-11)23-17(24)15-13(20)4-3-5-14(15)21/h3-9H,1-2H3,(H,23,24). The third kappa shape index (κ3) is 3.85. The Labute approximate surface area is 157 Å². The molecule has 0 unspecified atom stereocenters. The third-order valence-corrected chi connectivity index (χ3v) is 4.94. The molecule has 3 aromatic rings. The molecule has 1 heterocycles. The van der Waals surface area contributed by atoms with Gasteiger partial charge in [-0.25, -0.2) is 18.6 Å². The number of aryl methyl sites for hydroxylation is 1. The van der Waals surface area contributed by atoms with Crippen LogP contribution in [0.5, 0.6) is 0 Å². The van der Waals surface area contributed by atoms with Crippen molar-refractivity contribution >= 4 is 28.9 Å². The monoisotopic (exact) mass is 388 g/mol. The van der Waals surface area contributed by atoms with Gasteiger partial charge in [-0.3, -0.25) is 4.79 Å². The fraction of sp³-hybridized carbons (Fsp3) is 0.105. The van der Waals surface area contributed by atoms with Crippen molar-refractivity contribution in [1.29, 1.82) is 0 Å². The van der Waals surface area contributed by atoms with Gasteiger partial charge in [-0.2, -0.15) is 0 Å². The summed E-state index contributed by atoms with van der Waals surface area (Å²) in [6, 6.07) is 9.87. The number of aromatic nitrogens is 1. The van der Waals surface area contributed by atoms with Crippen LogP contribution in [0.4, 0.5) is 14.5 Å². The first-order chi connectivity index (χ1) is 12.9. The van der Waals surface area contributed by atoms with E-state index in [1.165, 1.54) is 24.5 Å². The number of hydrogen-bond acceptors (Lipinski definition) is 5. The lowest BCUT2D eigenvalue weighted by atomic mass is 10.1. The number of anilines is 1. The molecule has 0 saturated heterocycles. The van der Waals surface area contributed by atoms with Gasteiger partial charge in [-0.1, -0.05) is 18.2 Å². The van der Waals surface area contributed by atoms with E-state index < -0.39 is 29.1 Å². The van der Waals surface area contributed by atoms with Crippen LogP contribution in [0.25, 0.3) is 10.4 Å². The summed E-state index contributed by atoms with van der Waals surface area (Å²) in [7, 11) is 1.29. The highest BCUT2D eigenvalue weighted by molar-refractivity contribution is 7.17. The van der Waals surface area contributed by atoms with Crippen molar-refractivity contribution in [2.75, 3.05) is 12.4 Å². The lowest BCUT2D eigenvalue weighted by Crippen LogP contribution is -2.15. The summed E-state index contributed by atoms with van der Waals surface area (Å²) in [6.45, 7) is 1.77. The van der Waals surface area contributed by atoms with Crippen molar-refractivity contribution in [3.63, 3.8) is 0 Å². The van der Waals surface area contributed by atoms with Gasteiger partial charge in [0.1, 0.15) is 17.2 Å². The largest absolute Gasteiger partial charge is 0.464 e. The molecule has 1 amide bonds. The number of halogens is 2. The number of benzene rings is 2. The Balaban J connectivity index is 1.81. The van der Waals surface area contributed by atoms with E-state index in [-0.39, 0.29) is 5.01 Å². The highest BCUT2D eigenvalue weighted by Gasteiger charge is 2.18. The number of thiazole rings is 1. The first-order valence-corrected chi connectivity index (χ1v) is 8.64. The van der Waals surface area contributed by atoms with Crippen molar-refractivity contribution in [1.82, 2.24) is 4.98 Å². The summed E-state index contributed by atoms with van der Waals surface area (Å²) in [5.41, 5.74) is 1.20. The van der Waals surface area contributed by atoms with Gasteiger partial charge in [0.25, 0.3) is 5.91 Å². The molecule has 5 nitrogen and oxygen atoms in total. The summed E-state index contributed by atoms with van der Waals surface area (Å²) in [6.07, 6.45) is 0. The Kier molecular flexibility index (Phi) is 5.27. The van der Waals surface area contributed by atoms with Crippen LogP contribution in [0.1, 0.15) is 25.9 Å². The van der Waals surface area contributed by atoms with Crippen LogP contribution in [0.2, 0.25) is 0 Å².